The molecule has 0 saturated carbocycles. The Labute approximate surface area is 103 Å². The molecule has 4 nitrogen and oxygen atoms in total. The fourth-order valence-electron chi connectivity index (χ4n) is 1.07. The second kappa shape index (κ2) is 6.78. The fraction of sp³-hybridized carbons (Fsp3) is 0.462. The number of hydrogen-bond donors (Lipinski definition) is 2. The molecule has 3 N–H and O–H groups in total. The third kappa shape index (κ3) is 7.22. The second-order valence-corrected chi connectivity index (χ2v) is 4.51. The van der Waals surface area contributed by atoms with Crippen LogP contribution in [-0.2, 0) is 4.74 Å². The molecule has 4 heteroatoms. The Morgan fingerprint density at radius 1 is 1.47 bits per heavy atom. The molecule has 0 fully saturated rings. The van der Waals surface area contributed by atoms with Crippen LogP contribution in [0.3, 0.4) is 0 Å². The smallest absolute Gasteiger partial charge is 0.412 e. The first kappa shape index (κ1) is 15.3. The molecule has 0 heterocycles. The van der Waals surface area contributed by atoms with E-state index in [1.807, 2.05) is 13.0 Å². The Morgan fingerprint density at radius 2 is 2.06 bits per heavy atom. The normalized spacial score (nSPS) is 13.2. The van der Waals surface area contributed by atoms with Gasteiger partial charge in [-0.3, -0.25) is 5.32 Å². The van der Waals surface area contributed by atoms with E-state index in [1.165, 1.54) is 0 Å². The van der Waals surface area contributed by atoms with E-state index in [-0.39, 0.29) is 0 Å². The van der Waals surface area contributed by atoms with E-state index in [0.717, 1.165) is 6.42 Å². The summed E-state index contributed by atoms with van der Waals surface area (Å²) in [5.74, 6) is 0. The van der Waals surface area contributed by atoms with E-state index >= 15 is 0 Å². The van der Waals surface area contributed by atoms with Crippen molar-refractivity contribution in [3.05, 3.63) is 36.2 Å². The second-order valence-electron chi connectivity index (χ2n) is 4.51. The summed E-state index contributed by atoms with van der Waals surface area (Å²) >= 11 is 0. The van der Waals surface area contributed by atoms with Gasteiger partial charge in [0.25, 0.3) is 0 Å². The third-order valence-corrected chi connectivity index (χ3v) is 1.66. The molecule has 0 radical (unpaired) electrons. The molecule has 0 rings (SSSR count). The summed E-state index contributed by atoms with van der Waals surface area (Å²) in [7, 11) is 0. The van der Waals surface area contributed by atoms with Crippen molar-refractivity contribution in [3.8, 4) is 0 Å². The van der Waals surface area contributed by atoms with E-state index in [0.29, 0.717) is 11.4 Å². The summed E-state index contributed by atoms with van der Waals surface area (Å²) in [6, 6.07) is 0. The lowest BCUT2D eigenvalue weighted by Crippen LogP contribution is -2.33. The quantitative estimate of drug-likeness (QED) is 0.740. The highest BCUT2D eigenvalue weighted by atomic mass is 16.6. The first-order chi connectivity index (χ1) is 7.80. The lowest BCUT2D eigenvalue weighted by atomic mass is 10.2. The summed E-state index contributed by atoms with van der Waals surface area (Å²) in [6.07, 6.45) is 5.26. The van der Waals surface area contributed by atoms with Crippen LogP contribution in [0.25, 0.3) is 0 Å². The van der Waals surface area contributed by atoms with Gasteiger partial charge in [-0.2, -0.15) is 0 Å². The summed E-state index contributed by atoms with van der Waals surface area (Å²) in [6.45, 7) is 10.9. The van der Waals surface area contributed by atoms with Crippen molar-refractivity contribution in [1.82, 2.24) is 5.32 Å². The van der Waals surface area contributed by atoms with Gasteiger partial charge in [0.2, 0.25) is 0 Å². The maximum Gasteiger partial charge on any atom is 0.412 e. The first-order valence-electron chi connectivity index (χ1n) is 5.59. The van der Waals surface area contributed by atoms with Gasteiger partial charge in [-0.1, -0.05) is 25.7 Å². The Bertz CT molecular complexity index is 336. The molecule has 0 aliphatic rings. The van der Waals surface area contributed by atoms with Crippen LogP contribution in [0.2, 0.25) is 0 Å². The Kier molecular flexibility index (Phi) is 6.10. The van der Waals surface area contributed by atoms with E-state index in [4.69, 9.17) is 10.5 Å². The summed E-state index contributed by atoms with van der Waals surface area (Å²) in [5, 5.41) is 2.59. The fourth-order valence-corrected chi connectivity index (χ4v) is 1.07. The maximum absolute atomic E-state index is 11.6. The minimum Gasteiger partial charge on any atom is -0.444 e. The van der Waals surface area contributed by atoms with Gasteiger partial charge in [0, 0.05) is 0 Å². The number of nitrogens with one attached hydrogen (secondary N) is 1. The Balaban J connectivity index is 4.69. The summed E-state index contributed by atoms with van der Waals surface area (Å²) < 4.78 is 5.13. The average Bonchev–Trinajstić information content (AvgIpc) is 2.14. The standard InChI is InChI=1S/C13H22N2O2/c1-6-8-10(14)11(9-7-2)15-12(16)17-13(3,4)5/h7-9H,2,6,14H2,1,3-5H3,(H,15,16)/b10-8+,11-9+. The number of ether oxygens (including phenoxy) is 1. The van der Waals surface area contributed by atoms with Crippen molar-refractivity contribution in [3.63, 3.8) is 0 Å². The highest BCUT2D eigenvalue weighted by Gasteiger charge is 2.17. The number of nitrogens with two attached hydrogens (primary N) is 1. The number of amides is 1. The highest BCUT2D eigenvalue weighted by molar-refractivity contribution is 5.71. The average molecular weight is 238 g/mol. The number of allylic oxidation sites excluding steroid dienone is 3. The largest absolute Gasteiger partial charge is 0.444 e. The molecule has 0 saturated heterocycles. The molecule has 0 aromatic heterocycles. The van der Waals surface area contributed by atoms with Gasteiger partial charge in [0.15, 0.2) is 0 Å². The van der Waals surface area contributed by atoms with Gasteiger partial charge >= 0.3 is 6.09 Å². The molecular weight excluding hydrogens is 216 g/mol. The number of carbonyl (C=O) groups excluding carboxylic acids is 1. The Morgan fingerprint density at radius 3 is 2.47 bits per heavy atom. The van der Waals surface area contributed by atoms with E-state index < -0.39 is 11.7 Å². The van der Waals surface area contributed by atoms with Crippen molar-refractivity contribution in [1.29, 1.82) is 0 Å². The zero-order chi connectivity index (χ0) is 13.5. The SMILES string of the molecule is C=C/C=C(NC(=O)OC(C)(C)C)\C(N)=C/CC. The molecule has 0 bridgehead atoms. The molecule has 0 aromatic carbocycles. The highest BCUT2D eigenvalue weighted by Crippen LogP contribution is 2.09. The zero-order valence-electron chi connectivity index (χ0n) is 11.0. The predicted molar refractivity (Wildman–Crippen MR) is 70.2 cm³/mol. The summed E-state index contributed by atoms with van der Waals surface area (Å²) in [4.78, 5) is 11.6. The van der Waals surface area contributed by atoms with Gasteiger partial charge in [-0.15, -0.1) is 0 Å². The molecule has 0 spiro atoms. The van der Waals surface area contributed by atoms with Crippen molar-refractivity contribution in [2.45, 2.75) is 39.7 Å². The van der Waals surface area contributed by atoms with Crippen molar-refractivity contribution in [2.24, 2.45) is 5.73 Å². The van der Waals surface area contributed by atoms with Gasteiger partial charge in [-0.25, -0.2) is 4.79 Å². The topological polar surface area (TPSA) is 64.3 Å². The molecule has 0 aromatic rings. The van der Waals surface area contributed by atoms with Gasteiger partial charge in [0.1, 0.15) is 5.60 Å². The van der Waals surface area contributed by atoms with E-state index in [2.05, 4.69) is 11.9 Å². The van der Waals surface area contributed by atoms with Crippen LogP contribution in [0.1, 0.15) is 34.1 Å². The monoisotopic (exact) mass is 238 g/mol. The van der Waals surface area contributed by atoms with Crippen molar-refractivity contribution in [2.75, 3.05) is 0 Å². The molecular formula is C13H22N2O2. The number of carbonyl (C=O) groups is 1. The molecule has 0 aliphatic carbocycles. The van der Waals surface area contributed by atoms with Crippen LogP contribution in [-0.4, -0.2) is 11.7 Å². The first-order valence-corrected chi connectivity index (χ1v) is 5.59. The van der Waals surface area contributed by atoms with Crippen molar-refractivity contribution >= 4 is 6.09 Å². The van der Waals surface area contributed by atoms with Crippen LogP contribution in [0.15, 0.2) is 36.2 Å². The van der Waals surface area contributed by atoms with Gasteiger partial charge in [0.05, 0.1) is 11.4 Å². The van der Waals surface area contributed by atoms with Crippen LogP contribution >= 0.6 is 0 Å². The lowest BCUT2D eigenvalue weighted by molar-refractivity contribution is 0.0547. The zero-order valence-corrected chi connectivity index (χ0v) is 11.0. The van der Waals surface area contributed by atoms with Crippen molar-refractivity contribution < 1.29 is 9.53 Å². The molecule has 0 unspecified atom stereocenters. The van der Waals surface area contributed by atoms with Crippen LogP contribution in [0, 0.1) is 0 Å². The lowest BCUT2D eigenvalue weighted by Gasteiger charge is -2.20. The van der Waals surface area contributed by atoms with Crippen LogP contribution < -0.4 is 11.1 Å². The maximum atomic E-state index is 11.6. The minimum absolute atomic E-state index is 0.496. The Hall–Kier alpha value is -1.71. The molecule has 0 aliphatic heterocycles. The molecule has 96 valence electrons. The molecule has 17 heavy (non-hydrogen) atoms. The number of hydrogen-bond acceptors (Lipinski definition) is 3. The van der Waals surface area contributed by atoms with E-state index in [9.17, 15) is 4.79 Å². The number of rotatable bonds is 4. The number of alkyl carbamates (subject to hydrolysis) is 1. The van der Waals surface area contributed by atoms with Gasteiger partial charge in [-0.05, 0) is 33.3 Å². The predicted octanol–water partition coefficient (Wildman–Crippen LogP) is 2.83. The molecule has 0 atom stereocenters. The third-order valence-electron chi connectivity index (χ3n) is 1.66. The van der Waals surface area contributed by atoms with E-state index in [1.54, 1.807) is 32.9 Å². The van der Waals surface area contributed by atoms with Crippen LogP contribution in [0.5, 0.6) is 0 Å². The minimum atomic E-state index is -0.535. The summed E-state index contributed by atoms with van der Waals surface area (Å²) in [5.41, 5.74) is 6.26. The van der Waals surface area contributed by atoms with Crippen LogP contribution in [0.4, 0.5) is 4.79 Å². The van der Waals surface area contributed by atoms with Gasteiger partial charge < -0.3 is 10.5 Å². The molecule has 1 amide bonds.